The van der Waals surface area contributed by atoms with Crippen LogP contribution >= 0.6 is 0 Å². The molecule has 1 unspecified atom stereocenters. The molecule has 2 N–H and O–H groups in total. The highest BCUT2D eigenvalue weighted by molar-refractivity contribution is 5.87. The number of nitro groups is 1. The average Bonchev–Trinajstić information content (AvgIpc) is 3.39. The highest BCUT2D eigenvalue weighted by Crippen LogP contribution is 2.48. The zero-order valence-corrected chi connectivity index (χ0v) is 23.9. The third-order valence-corrected chi connectivity index (χ3v) is 10.3. The fraction of sp³-hybridized carbons (Fsp3) is 0.394. The van der Waals surface area contributed by atoms with E-state index in [-0.39, 0.29) is 46.0 Å². The molecule has 4 aromatic rings. The first-order chi connectivity index (χ1) is 20.9. The molecule has 3 aliphatic heterocycles. The Kier molecular flexibility index (Phi) is 5.89. The lowest BCUT2D eigenvalue weighted by molar-refractivity contribution is -0.384. The fourth-order valence-corrected chi connectivity index (χ4v) is 8.44. The molecule has 2 bridgehead atoms. The SMILES string of the molecule is COc1ccc2[nH]c3c(c2c1)CCCC3NC(=O)[C@@H]1Cc2cc([N+](=O)[O-])ccc2N2C[C@@H]3C[C@@H](Cn4c3cccc4=O)[C@@H]12. The van der Waals surface area contributed by atoms with E-state index in [0.29, 0.717) is 19.5 Å². The van der Waals surface area contributed by atoms with Crippen molar-refractivity contribution < 1.29 is 14.5 Å². The van der Waals surface area contributed by atoms with Gasteiger partial charge in [0.25, 0.3) is 11.2 Å². The molecular formula is C33H33N5O5. The van der Waals surface area contributed by atoms with Crippen LogP contribution in [0.2, 0.25) is 0 Å². The molecule has 5 atom stereocenters. The smallest absolute Gasteiger partial charge is 0.269 e. The van der Waals surface area contributed by atoms with E-state index in [0.717, 1.165) is 65.0 Å². The molecule has 8 rings (SSSR count). The molecule has 4 aliphatic rings. The second kappa shape index (κ2) is 9.72. The molecule has 1 fully saturated rings. The highest BCUT2D eigenvalue weighted by Gasteiger charge is 2.49. The summed E-state index contributed by atoms with van der Waals surface area (Å²) in [5.74, 6) is 0.618. The second-order valence-corrected chi connectivity index (χ2v) is 12.5. The van der Waals surface area contributed by atoms with E-state index in [4.69, 9.17) is 4.74 Å². The molecule has 43 heavy (non-hydrogen) atoms. The number of rotatable bonds is 4. The number of aromatic amines is 1. The Morgan fingerprint density at radius 2 is 2.02 bits per heavy atom. The van der Waals surface area contributed by atoms with E-state index in [1.165, 1.54) is 5.56 Å². The number of methoxy groups -OCH3 is 1. The van der Waals surface area contributed by atoms with Crippen LogP contribution < -0.4 is 20.5 Å². The zero-order chi connectivity index (χ0) is 29.4. The summed E-state index contributed by atoms with van der Waals surface area (Å²) in [4.78, 5) is 44.4. The standard InChI is InChI=1S/C33H33N5O5/c1-43-22-9-10-26-24(15-22)23-4-2-5-27(31(23)34-26)35-33(40)25-14-18-13-21(38(41)42)8-11-29(18)37-16-19-12-20(32(25)37)17-36-28(19)6-3-7-30(36)39/h3,6-11,13,15,19-20,25,27,32,34H,2,4-5,12,14,16-17H2,1H3,(H,35,40)/t19-,20-,25+,27?,32-/m0/s1. The van der Waals surface area contributed by atoms with Crippen LogP contribution in [0.3, 0.4) is 0 Å². The van der Waals surface area contributed by atoms with E-state index in [9.17, 15) is 19.7 Å². The van der Waals surface area contributed by atoms with Crippen molar-refractivity contribution in [1.29, 1.82) is 0 Å². The Balaban J connectivity index is 1.17. The molecule has 10 heteroatoms. The van der Waals surface area contributed by atoms with Gasteiger partial charge in [-0.3, -0.25) is 19.7 Å². The predicted octanol–water partition coefficient (Wildman–Crippen LogP) is 4.60. The van der Waals surface area contributed by atoms with E-state index in [2.05, 4.69) is 21.3 Å². The third kappa shape index (κ3) is 4.06. The van der Waals surface area contributed by atoms with Crippen LogP contribution in [0.4, 0.5) is 11.4 Å². The van der Waals surface area contributed by atoms with Crippen molar-refractivity contribution in [2.24, 2.45) is 11.8 Å². The molecule has 2 aromatic heterocycles. The van der Waals surface area contributed by atoms with Crippen molar-refractivity contribution in [2.45, 2.75) is 56.7 Å². The van der Waals surface area contributed by atoms with Gasteiger partial charge in [-0.05, 0) is 79.5 Å². The molecular weight excluding hydrogens is 546 g/mol. The molecule has 0 saturated carbocycles. The Morgan fingerprint density at radius 3 is 2.86 bits per heavy atom. The van der Waals surface area contributed by atoms with E-state index in [1.807, 2.05) is 34.9 Å². The molecule has 0 radical (unpaired) electrons. The minimum atomic E-state index is -0.406. The number of pyridine rings is 1. The number of fused-ring (bicyclic) bond motifs is 11. The first-order valence-corrected chi connectivity index (χ1v) is 15.1. The number of nitrogens with zero attached hydrogens (tertiary/aromatic N) is 3. The van der Waals surface area contributed by atoms with Crippen LogP contribution in [-0.4, -0.2) is 40.1 Å². The first-order valence-electron chi connectivity index (χ1n) is 15.1. The Labute approximate surface area is 247 Å². The van der Waals surface area contributed by atoms with Gasteiger partial charge in [-0.1, -0.05) is 6.07 Å². The van der Waals surface area contributed by atoms with Gasteiger partial charge in [-0.2, -0.15) is 0 Å². The molecule has 1 saturated heterocycles. The van der Waals surface area contributed by atoms with Crippen molar-refractivity contribution >= 4 is 28.2 Å². The lowest BCUT2D eigenvalue weighted by Crippen LogP contribution is -2.61. The topological polar surface area (TPSA) is 122 Å². The lowest BCUT2D eigenvalue weighted by Gasteiger charge is -2.54. The van der Waals surface area contributed by atoms with Gasteiger partial charge in [0.05, 0.1) is 24.0 Å². The number of nitrogens with one attached hydrogen (secondary N) is 2. The number of aromatic nitrogens is 2. The van der Waals surface area contributed by atoms with Crippen LogP contribution in [0, 0.1) is 22.0 Å². The maximum absolute atomic E-state index is 14.4. The minimum Gasteiger partial charge on any atom is -0.497 e. The monoisotopic (exact) mass is 579 g/mol. The van der Waals surface area contributed by atoms with E-state index < -0.39 is 5.92 Å². The molecule has 1 amide bonds. The largest absolute Gasteiger partial charge is 0.497 e. The summed E-state index contributed by atoms with van der Waals surface area (Å²) in [6.45, 7) is 1.23. The van der Waals surface area contributed by atoms with Gasteiger partial charge in [-0.15, -0.1) is 0 Å². The first kappa shape index (κ1) is 26.1. The van der Waals surface area contributed by atoms with Crippen LogP contribution in [0.15, 0.2) is 59.4 Å². The maximum Gasteiger partial charge on any atom is 0.269 e. The summed E-state index contributed by atoms with van der Waals surface area (Å²) in [5.41, 5.74) is 6.16. The number of carbonyl (C=O) groups excluding carboxylic acids is 1. The predicted molar refractivity (Wildman–Crippen MR) is 162 cm³/mol. The summed E-state index contributed by atoms with van der Waals surface area (Å²) in [7, 11) is 1.66. The van der Waals surface area contributed by atoms with E-state index >= 15 is 0 Å². The number of nitro benzene ring substituents is 1. The summed E-state index contributed by atoms with van der Waals surface area (Å²) >= 11 is 0. The Morgan fingerprint density at radius 1 is 1.14 bits per heavy atom. The molecule has 1 aliphatic carbocycles. The molecule has 0 spiro atoms. The molecule has 2 aromatic carbocycles. The number of hydrogen-bond acceptors (Lipinski definition) is 6. The van der Waals surface area contributed by atoms with Gasteiger partial charge in [-0.25, -0.2) is 0 Å². The van der Waals surface area contributed by atoms with Gasteiger partial charge >= 0.3 is 0 Å². The Bertz CT molecular complexity index is 1860. The van der Waals surface area contributed by atoms with Gasteiger partial charge < -0.3 is 24.5 Å². The summed E-state index contributed by atoms with van der Waals surface area (Å²) in [6.07, 6.45) is 4.06. The average molecular weight is 580 g/mol. The number of carbonyl (C=O) groups is 1. The number of aryl methyl sites for hydroxylation is 1. The number of hydrogen-bond donors (Lipinski definition) is 2. The number of amides is 1. The number of non-ortho nitro benzene ring substituents is 1. The summed E-state index contributed by atoms with van der Waals surface area (Å²) in [5, 5.41) is 16.2. The lowest BCUT2D eigenvalue weighted by atomic mass is 9.70. The maximum atomic E-state index is 14.4. The number of piperidine rings is 1. The minimum absolute atomic E-state index is 0.00124. The second-order valence-electron chi connectivity index (χ2n) is 12.5. The van der Waals surface area contributed by atoms with Crippen LogP contribution in [0.1, 0.15) is 53.7 Å². The number of anilines is 1. The van der Waals surface area contributed by atoms with Crippen molar-refractivity contribution in [1.82, 2.24) is 14.9 Å². The van der Waals surface area contributed by atoms with Gasteiger partial charge in [0.2, 0.25) is 5.91 Å². The van der Waals surface area contributed by atoms with Crippen molar-refractivity contribution in [2.75, 3.05) is 18.6 Å². The van der Waals surface area contributed by atoms with Gasteiger partial charge in [0, 0.05) is 71.2 Å². The third-order valence-electron chi connectivity index (χ3n) is 10.3. The number of benzene rings is 2. The van der Waals surface area contributed by atoms with Crippen LogP contribution in [0.5, 0.6) is 5.75 Å². The van der Waals surface area contributed by atoms with Crippen molar-refractivity contribution in [3.05, 3.63) is 97.6 Å². The van der Waals surface area contributed by atoms with Crippen LogP contribution in [-0.2, 0) is 24.2 Å². The highest BCUT2D eigenvalue weighted by atomic mass is 16.6. The normalized spacial score (nSPS) is 25.2. The van der Waals surface area contributed by atoms with E-state index in [1.54, 1.807) is 25.3 Å². The van der Waals surface area contributed by atoms with Gasteiger partial charge in [0.1, 0.15) is 5.75 Å². The molecule has 220 valence electrons. The summed E-state index contributed by atoms with van der Waals surface area (Å²) < 4.78 is 7.36. The fourth-order valence-electron chi connectivity index (χ4n) is 8.44. The van der Waals surface area contributed by atoms with Gasteiger partial charge in [0.15, 0.2) is 0 Å². The molecule has 10 nitrogen and oxygen atoms in total. The number of ether oxygens (including phenoxy) is 1. The summed E-state index contributed by atoms with van der Waals surface area (Å²) in [6, 6.07) is 16.3. The number of H-pyrrole nitrogens is 1. The quantitative estimate of drug-likeness (QED) is 0.269. The molecule has 5 heterocycles. The zero-order valence-electron chi connectivity index (χ0n) is 23.9. The van der Waals surface area contributed by atoms with Crippen LogP contribution in [0.25, 0.3) is 10.9 Å². The van der Waals surface area contributed by atoms with Crippen molar-refractivity contribution in [3.8, 4) is 5.75 Å². The Hall–Kier alpha value is -4.60. The van der Waals surface area contributed by atoms with Crippen molar-refractivity contribution in [3.63, 3.8) is 0 Å².